The van der Waals surface area contributed by atoms with Crippen LogP contribution in [0.1, 0.15) is 24.3 Å². The maximum absolute atomic E-state index is 12.8. The molecule has 3 nitrogen and oxygen atoms in total. The van der Waals surface area contributed by atoms with Crippen molar-refractivity contribution in [1.82, 2.24) is 5.48 Å². The third kappa shape index (κ3) is 2.39. The molecule has 1 fully saturated rings. The first kappa shape index (κ1) is 11.1. The smallest absolute Gasteiger partial charge is 0.251 e. The van der Waals surface area contributed by atoms with Crippen LogP contribution in [0.3, 0.4) is 0 Å². The van der Waals surface area contributed by atoms with E-state index in [1.807, 2.05) is 0 Å². The van der Waals surface area contributed by atoms with Crippen molar-refractivity contribution >= 4 is 5.91 Å². The standard InChI is InChI=1S/C12H14FNO2/c1-16-14-12(15)11(8-2-3-8)9-4-6-10(13)7-5-9/h4-8,11H,2-3H2,1H3,(H,14,15). The number of rotatable bonds is 4. The van der Waals surface area contributed by atoms with Crippen molar-refractivity contribution in [2.24, 2.45) is 5.92 Å². The minimum absolute atomic E-state index is 0.156. The molecule has 1 aromatic rings. The number of amides is 1. The first-order valence-corrected chi connectivity index (χ1v) is 5.30. The van der Waals surface area contributed by atoms with Gasteiger partial charge in [-0.2, -0.15) is 0 Å². The Morgan fingerprint density at radius 3 is 2.56 bits per heavy atom. The quantitative estimate of drug-likeness (QED) is 0.793. The van der Waals surface area contributed by atoms with Gasteiger partial charge in [0.25, 0.3) is 5.91 Å². The van der Waals surface area contributed by atoms with Crippen LogP contribution in [0.2, 0.25) is 0 Å². The summed E-state index contributed by atoms with van der Waals surface area (Å²) >= 11 is 0. The van der Waals surface area contributed by atoms with E-state index in [9.17, 15) is 9.18 Å². The maximum atomic E-state index is 12.8. The summed E-state index contributed by atoms with van der Waals surface area (Å²) in [6, 6.07) is 6.08. The summed E-state index contributed by atoms with van der Waals surface area (Å²) in [4.78, 5) is 16.4. The van der Waals surface area contributed by atoms with Gasteiger partial charge in [0.05, 0.1) is 13.0 Å². The zero-order valence-electron chi connectivity index (χ0n) is 9.07. The summed E-state index contributed by atoms with van der Waals surface area (Å²) in [6.45, 7) is 0. The molecule has 1 aromatic carbocycles. The van der Waals surface area contributed by atoms with Gasteiger partial charge >= 0.3 is 0 Å². The normalized spacial score (nSPS) is 16.9. The van der Waals surface area contributed by atoms with E-state index in [1.165, 1.54) is 19.2 Å². The second-order valence-corrected chi connectivity index (χ2v) is 4.04. The molecular formula is C12H14FNO2. The second kappa shape index (κ2) is 4.61. The van der Waals surface area contributed by atoms with Crippen LogP contribution in [0.5, 0.6) is 0 Å². The number of hydrogen-bond acceptors (Lipinski definition) is 2. The van der Waals surface area contributed by atoms with E-state index in [2.05, 4.69) is 10.3 Å². The third-order valence-corrected chi connectivity index (χ3v) is 2.81. The van der Waals surface area contributed by atoms with E-state index in [-0.39, 0.29) is 17.6 Å². The van der Waals surface area contributed by atoms with E-state index in [4.69, 9.17) is 0 Å². The molecule has 1 amide bonds. The number of hydrogen-bond donors (Lipinski definition) is 1. The predicted octanol–water partition coefficient (Wildman–Crippen LogP) is 2.00. The Balaban J connectivity index is 2.18. The predicted molar refractivity (Wildman–Crippen MR) is 57.0 cm³/mol. The van der Waals surface area contributed by atoms with Gasteiger partial charge in [-0.25, -0.2) is 9.87 Å². The first-order chi connectivity index (χ1) is 7.72. The average molecular weight is 223 g/mol. The van der Waals surface area contributed by atoms with Crippen LogP contribution in [-0.2, 0) is 9.63 Å². The van der Waals surface area contributed by atoms with E-state index in [0.29, 0.717) is 5.92 Å². The van der Waals surface area contributed by atoms with Crippen LogP contribution in [0.15, 0.2) is 24.3 Å². The highest BCUT2D eigenvalue weighted by molar-refractivity contribution is 5.83. The Labute approximate surface area is 93.6 Å². The summed E-state index contributed by atoms with van der Waals surface area (Å²) < 4.78 is 12.8. The summed E-state index contributed by atoms with van der Waals surface area (Å²) in [5.74, 6) is -0.303. The monoisotopic (exact) mass is 223 g/mol. The molecule has 1 N–H and O–H groups in total. The van der Waals surface area contributed by atoms with Crippen molar-refractivity contribution < 1.29 is 14.0 Å². The molecule has 0 aromatic heterocycles. The number of benzene rings is 1. The Kier molecular flexibility index (Phi) is 3.19. The van der Waals surface area contributed by atoms with Crippen molar-refractivity contribution in [3.63, 3.8) is 0 Å². The lowest BCUT2D eigenvalue weighted by molar-refractivity contribution is -0.133. The minimum Gasteiger partial charge on any atom is -0.277 e. The summed E-state index contributed by atoms with van der Waals surface area (Å²) in [5.41, 5.74) is 3.19. The lowest BCUT2D eigenvalue weighted by atomic mass is 9.93. The first-order valence-electron chi connectivity index (χ1n) is 5.30. The fourth-order valence-electron chi connectivity index (χ4n) is 1.90. The van der Waals surface area contributed by atoms with Crippen LogP contribution >= 0.6 is 0 Å². The zero-order chi connectivity index (χ0) is 11.5. The molecule has 1 atom stereocenters. The van der Waals surface area contributed by atoms with Crippen molar-refractivity contribution in [3.05, 3.63) is 35.6 Å². The maximum Gasteiger partial charge on any atom is 0.251 e. The van der Waals surface area contributed by atoms with Crippen molar-refractivity contribution in [1.29, 1.82) is 0 Å². The van der Waals surface area contributed by atoms with Crippen molar-refractivity contribution in [2.45, 2.75) is 18.8 Å². The molecule has 4 heteroatoms. The lowest BCUT2D eigenvalue weighted by Gasteiger charge is -2.15. The highest BCUT2D eigenvalue weighted by Gasteiger charge is 2.37. The zero-order valence-corrected chi connectivity index (χ0v) is 9.07. The number of nitrogens with one attached hydrogen (secondary N) is 1. The topological polar surface area (TPSA) is 38.3 Å². The van der Waals surface area contributed by atoms with Gasteiger partial charge in [0.1, 0.15) is 5.82 Å². The van der Waals surface area contributed by atoms with Gasteiger partial charge in [-0.3, -0.25) is 9.63 Å². The number of halogens is 1. The molecule has 0 spiro atoms. The Bertz CT molecular complexity index is 373. The summed E-state index contributed by atoms with van der Waals surface area (Å²) in [5, 5.41) is 0. The molecule has 1 aliphatic rings. The van der Waals surface area contributed by atoms with Gasteiger partial charge in [-0.05, 0) is 36.5 Å². The van der Waals surface area contributed by atoms with Crippen LogP contribution in [-0.4, -0.2) is 13.0 Å². The number of carbonyl (C=O) groups is 1. The van der Waals surface area contributed by atoms with Crippen LogP contribution in [0.25, 0.3) is 0 Å². The van der Waals surface area contributed by atoms with E-state index < -0.39 is 0 Å². The van der Waals surface area contributed by atoms with Gasteiger partial charge < -0.3 is 0 Å². The molecule has 1 aliphatic carbocycles. The van der Waals surface area contributed by atoms with E-state index >= 15 is 0 Å². The fourth-order valence-corrected chi connectivity index (χ4v) is 1.90. The van der Waals surface area contributed by atoms with Crippen LogP contribution in [0, 0.1) is 11.7 Å². The van der Waals surface area contributed by atoms with Gasteiger partial charge in [-0.1, -0.05) is 12.1 Å². The number of hydroxylamine groups is 1. The molecule has 2 rings (SSSR count). The Hall–Kier alpha value is -1.42. The molecule has 1 unspecified atom stereocenters. The third-order valence-electron chi connectivity index (χ3n) is 2.81. The van der Waals surface area contributed by atoms with Gasteiger partial charge in [-0.15, -0.1) is 0 Å². The summed E-state index contributed by atoms with van der Waals surface area (Å²) in [7, 11) is 1.41. The molecule has 0 heterocycles. The summed E-state index contributed by atoms with van der Waals surface area (Å²) in [6.07, 6.45) is 2.08. The number of carbonyl (C=O) groups excluding carboxylic acids is 1. The van der Waals surface area contributed by atoms with Gasteiger partial charge in [0, 0.05) is 0 Å². The van der Waals surface area contributed by atoms with Crippen LogP contribution < -0.4 is 5.48 Å². The van der Waals surface area contributed by atoms with Crippen molar-refractivity contribution in [3.8, 4) is 0 Å². The molecular weight excluding hydrogens is 209 g/mol. The SMILES string of the molecule is CONC(=O)C(c1ccc(F)cc1)C1CC1. The van der Waals surface area contributed by atoms with Gasteiger partial charge in [0.15, 0.2) is 0 Å². The molecule has 0 radical (unpaired) electrons. The molecule has 16 heavy (non-hydrogen) atoms. The van der Waals surface area contributed by atoms with Gasteiger partial charge in [0.2, 0.25) is 0 Å². The molecule has 0 bridgehead atoms. The largest absolute Gasteiger partial charge is 0.277 e. The molecule has 86 valence electrons. The fraction of sp³-hybridized carbons (Fsp3) is 0.417. The highest BCUT2D eigenvalue weighted by Crippen LogP contribution is 2.42. The minimum atomic E-state index is -0.287. The van der Waals surface area contributed by atoms with Crippen LogP contribution in [0.4, 0.5) is 4.39 Å². The molecule has 1 saturated carbocycles. The van der Waals surface area contributed by atoms with E-state index in [0.717, 1.165) is 18.4 Å². The van der Waals surface area contributed by atoms with E-state index in [1.54, 1.807) is 12.1 Å². The Morgan fingerprint density at radius 1 is 1.44 bits per heavy atom. The Morgan fingerprint density at radius 2 is 2.06 bits per heavy atom. The highest BCUT2D eigenvalue weighted by atomic mass is 19.1. The molecule has 0 saturated heterocycles. The second-order valence-electron chi connectivity index (χ2n) is 4.04. The molecule has 0 aliphatic heterocycles. The van der Waals surface area contributed by atoms with Crippen molar-refractivity contribution in [2.75, 3.05) is 7.11 Å². The average Bonchev–Trinajstić information content (AvgIpc) is 3.06. The lowest BCUT2D eigenvalue weighted by Crippen LogP contribution is -2.29.